The molecule has 9 rings (SSSR count). The van der Waals surface area contributed by atoms with Crippen LogP contribution in [0.25, 0.3) is 90.9 Å². The number of aromatic amines is 2. The van der Waals surface area contributed by atoms with Crippen LogP contribution in [0.1, 0.15) is 71.2 Å². The third kappa shape index (κ3) is 8.75. The number of aromatic nitrogens is 4. The molecule has 0 spiro atoms. The molecule has 0 saturated heterocycles. The van der Waals surface area contributed by atoms with E-state index in [0.717, 1.165) is 112 Å². The molecule has 2 N–H and O–H groups in total. The molecule has 63 heavy (non-hydrogen) atoms. The topological polar surface area (TPSA) is 94.3 Å². The van der Waals surface area contributed by atoms with Crippen LogP contribution < -0.4 is 18.9 Å². The van der Waals surface area contributed by atoms with E-state index in [1.54, 1.807) is 0 Å². The Balaban J connectivity index is 1.38. The molecule has 3 aromatic heterocycles. The molecule has 0 fully saturated rings. The monoisotopic (exact) mass is 832 g/mol. The van der Waals surface area contributed by atoms with Crippen molar-refractivity contribution >= 4 is 46.4 Å². The number of hydrogen-bond acceptors (Lipinski definition) is 6. The molecule has 8 heteroatoms. The van der Waals surface area contributed by atoms with Gasteiger partial charge in [0.2, 0.25) is 0 Å². The van der Waals surface area contributed by atoms with Crippen LogP contribution in [0.3, 0.4) is 0 Å². The van der Waals surface area contributed by atoms with Crippen LogP contribution in [0.2, 0.25) is 0 Å². The molecule has 5 heterocycles. The van der Waals surface area contributed by atoms with Crippen molar-refractivity contribution in [3.05, 3.63) is 144 Å². The van der Waals surface area contributed by atoms with Gasteiger partial charge in [-0.15, -0.1) is 0 Å². The Morgan fingerprint density at radius 3 is 0.857 bits per heavy atom. The van der Waals surface area contributed by atoms with Gasteiger partial charge in [0.05, 0.1) is 47.7 Å². The first kappa shape index (κ1) is 41.1. The summed E-state index contributed by atoms with van der Waals surface area (Å²) in [5.74, 6) is 3.26. The van der Waals surface area contributed by atoms with E-state index in [1.807, 2.05) is 97.0 Å². The van der Waals surface area contributed by atoms with Gasteiger partial charge in [0, 0.05) is 44.3 Å². The fourth-order valence-corrected chi connectivity index (χ4v) is 8.22. The van der Waals surface area contributed by atoms with Gasteiger partial charge in [-0.1, -0.05) is 48.5 Å². The average Bonchev–Trinajstić information content (AvgIpc) is 4.11. The SMILES string of the molecule is CCOc1ccc(-c2c3nc(c(-c4ccc(OC(C)C)cc4)c4ccc([nH]4)c(-c4ccc(OC(C)C)cc4)c4nc(c(-c5ccc(OC(C)C)cc5)c5ccc2[nH]5)C=C4)C=C3)cc1. The predicted octanol–water partition coefficient (Wildman–Crippen LogP) is 14.1. The molecule has 0 radical (unpaired) electrons. The second-order valence-electron chi connectivity index (χ2n) is 16.5. The Morgan fingerprint density at radius 2 is 0.619 bits per heavy atom. The van der Waals surface area contributed by atoms with Gasteiger partial charge in [-0.25, -0.2) is 9.97 Å². The van der Waals surface area contributed by atoms with E-state index in [4.69, 9.17) is 28.9 Å². The minimum absolute atomic E-state index is 0.0600. The first-order chi connectivity index (χ1) is 30.6. The van der Waals surface area contributed by atoms with E-state index in [0.29, 0.717) is 6.61 Å². The molecule has 8 nitrogen and oxygen atoms in total. The molecule has 0 saturated carbocycles. The molecule has 8 bridgehead atoms. The number of H-pyrrole nitrogens is 2. The lowest BCUT2D eigenvalue weighted by molar-refractivity contribution is 0.242. The summed E-state index contributed by atoms with van der Waals surface area (Å²) in [6, 6.07) is 41.6. The molecular weight excluding hydrogens is 781 g/mol. The van der Waals surface area contributed by atoms with Gasteiger partial charge in [-0.05, 0) is 168 Å². The van der Waals surface area contributed by atoms with Crippen LogP contribution in [-0.2, 0) is 0 Å². The van der Waals surface area contributed by atoms with Gasteiger partial charge in [0.15, 0.2) is 0 Å². The summed E-state index contributed by atoms with van der Waals surface area (Å²) in [6.45, 7) is 14.8. The Morgan fingerprint density at radius 1 is 0.365 bits per heavy atom. The predicted molar refractivity (Wildman–Crippen MR) is 259 cm³/mol. The zero-order chi connectivity index (χ0) is 43.6. The third-order valence-corrected chi connectivity index (χ3v) is 10.8. The maximum Gasteiger partial charge on any atom is 0.119 e. The quantitative estimate of drug-likeness (QED) is 0.127. The fraction of sp³-hybridized carbons (Fsp3) is 0.200. The third-order valence-electron chi connectivity index (χ3n) is 10.8. The standard InChI is InChI=1S/C55H52N4O4/c1-8-60-40-17-9-36(10-18-40)52-44-25-27-46(56-44)53(37-11-19-41(20-12-37)61-33(2)3)48-29-31-50(58-48)55(39-15-23-43(24-16-39)63-35(6)7)51-32-30-49(59-51)54(47-28-26-45(52)57-47)38-13-21-42(22-14-38)62-34(4)5/h9-35,56,59H,8H2,1-7H3. The van der Waals surface area contributed by atoms with E-state index in [1.165, 1.54) is 0 Å². The summed E-state index contributed by atoms with van der Waals surface area (Å²) < 4.78 is 24.0. The van der Waals surface area contributed by atoms with E-state index in [9.17, 15) is 0 Å². The number of rotatable bonds is 12. The van der Waals surface area contributed by atoms with Gasteiger partial charge in [-0.2, -0.15) is 0 Å². The number of benzene rings is 4. The van der Waals surface area contributed by atoms with Crippen molar-refractivity contribution in [2.75, 3.05) is 6.61 Å². The Labute approximate surface area is 369 Å². The Bertz CT molecular complexity index is 2940. The normalized spacial score (nSPS) is 12.1. The smallest absolute Gasteiger partial charge is 0.119 e. The van der Waals surface area contributed by atoms with Gasteiger partial charge in [-0.3, -0.25) is 0 Å². The Kier molecular flexibility index (Phi) is 11.5. The molecule has 0 aliphatic carbocycles. The largest absolute Gasteiger partial charge is 0.494 e. The molecule has 0 amide bonds. The zero-order valence-electron chi connectivity index (χ0n) is 36.8. The van der Waals surface area contributed by atoms with Gasteiger partial charge >= 0.3 is 0 Å². The van der Waals surface area contributed by atoms with Crippen LogP contribution in [0.4, 0.5) is 0 Å². The van der Waals surface area contributed by atoms with E-state index in [-0.39, 0.29) is 18.3 Å². The molecule has 4 aromatic carbocycles. The van der Waals surface area contributed by atoms with Crippen molar-refractivity contribution in [2.24, 2.45) is 0 Å². The minimum Gasteiger partial charge on any atom is -0.494 e. The zero-order valence-corrected chi connectivity index (χ0v) is 36.8. The first-order valence-corrected chi connectivity index (χ1v) is 21.8. The number of fused-ring (bicyclic) bond motifs is 8. The van der Waals surface area contributed by atoms with Crippen LogP contribution in [0.5, 0.6) is 23.0 Å². The van der Waals surface area contributed by atoms with Crippen LogP contribution in [0, 0.1) is 0 Å². The highest BCUT2D eigenvalue weighted by atomic mass is 16.5. The molecular formula is C55H52N4O4. The molecule has 0 unspecified atom stereocenters. The van der Waals surface area contributed by atoms with Crippen molar-refractivity contribution in [3.8, 4) is 67.5 Å². The summed E-state index contributed by atoms with van der Waals surface area (Å²) in [6.07, 6.45) is 8.63. The Hall–Kier alpha value is -7.32. The van der Waals surface area contributed by atoms with Gasteiger partial charge in [0.25, 0.3) is 0 Å². The number of ether oxygens (including phenoxy) is 4. The lowest BCUT2D eigenvalue weighted by atomic mass is 10.0. The highest BCUT2D eigenvalue weighted by Gasteiger charge is 2.20. The number of nitrogens with zero attached hydrogens (tertiary/aromatic N) is 2. The van der Waals surface area contributed by atoms with Crippen molar-refractivity contribution in [3.63, 3.8) is 0 Å². The summed E-state index contributed by atoms with van der Waals surface area (Å²) in [7, 11) is 0. The summed E-state index contributed by atoms with van der Waals surface area (Å²) >= 11 is 0. The van der Waals surface area contributed by atoms with Crippen molar-refractivity contribution in [2.45, 2.75) is 66.8 Å². The molecule has 2 aliphatic rings. The number of nitrogens with one attached hydrogen (secondary N) is 2. The molecule has 2 aliphatic heterocycles. The number of hydrogen-bond donors (Lipinski definition) is 2. The molecule has 0 atom stereocenters. The van der Waals surface area contributed by atoms with Crippen molar-refractivity contribution < 1.29 is 18.9 Å². The second kappa shape index (κ2) is 17.6. The summed E-state index contributed by atoms with van der Waals surface area (Å²) in [4.78, 5) is 18.6. The highest BCUT2D eigenvalue weighted by Crippen LogP contribution is 2.39. The fourth-order valence-electron chi connectivity index (χ4n) is 8.22. The van der Waals surface area contributed by atoms with Crippen LogP contribution in [0.15, 0.2) is 121 Å². The minimum atomic E-state index is 0.0600. The van der Waals surface area contributed by atoms with Gasteiger partial charge in [0.1, 0.15) is 23.0 Å². The van der Waals surface area contributed by atoms with Crippen LogP contribution >= 0.6 is 0 Å². The second-order valence-corrected chi connectivity index (χ2v) is 16.5. The van der Waals surface area contributed by atoms with Crippen LogP contribution in [-0.4, -0.2) is 44.9 Å². The lowest BCUT2D eigenvalue weighted by Gasteiger charge is -2.11. The van der Waals surface area contributed by atoms with E-state index < -0.39 is 0 Å². The molecule has 316 valence electrons. The maximum absolute atomic E-state index is 6.06. The summed E-state index contributed by atoms with van der Waals surface area (Å²) in [5.41, 5.74) is 14.9. The van der Waals surface area contributed by atoms with E-state index in [2.05, 4.69) is 107 Å². The average molecular weight is 833 g/mol. The van der Waals surface area contributed by atoms with Crippen molar-refractivity contribution in [1.82, 2.24) is 19.9 Å². The molecule has 7 aromatic rings. The highest BCUT2D eigenvalue weighted by molar-refractivity contribution is 6.00. The first-order valence-electron chi connectivity index (χ1n) is 21.8. The summed E-state index contributed by atoms with van der Waals surface area (Å²) in [5, 5.41) is 0. The maximum atomic E-state index is 6.06. The van der Waals surface area contributed by atoms with Gasteiger partial charge < -0.3 is 28.9 Å². The lowest BCUT2D eigenvalue weighted by Crippen LogP contribution is -2.05. The van der Waals surface area contributed by atoms with Crippen molar-refractivity contribution in [1.29, 1.82) is 0 Å². The van der Waals surface area contributed by atoms with E-state index >= 15 is 0 Å².